The molecule has 0 atom stereocenters. The van der Waals surface area contributed by atoms with Crippen LogP contribution in [0, 0.1) is 10.8 Å². The first-order valence-electron chi connectivity index (χ1n) is 12.4. The van der Waals surface area contributed by atoms with Crippen LogP contribution in [0.2, 0.25) is 0 Å². The molecule has 6 saturated carbocycles. The van der Waals surface area contributed by atoms with Crippen LogP contribution in [0.1, 0.15) is 90.3 Å². The molecular weight excluding hydrogens is 499 g/mol. The molecule has 2 heterocycles. The first kappa shape index (κ1) is 22.6. The summed E-state index contributed by atoms with van der Waals surface area (Å²) in [6.45, 7) is 6.95. The smallest absolute Gasteiger partial charge is 0.234 e. The van der Waals surface area contributed by atoms with Gasteiger partial charge in [0.15, 0.2) is 5.82 Å². The lowest BCUT2D eigenvalue weighted by Gasteiger charge is -2.65. The van der Waals surface area contributed by atoms with E-state index < -0.39 is 11.1 Å². The third-order valence-corrected chi connectivity index (χ3v) is 9.59. The van der Waals surface area contributed by atoms with Crippen LogP contribution in [0.3, 0.4) is 0 Å². The predicted octanol–water partition coefficient (Wildman–Crippen LogP) is 6.04. The SMILES string of the molecule is CC(C)(C)c1noc(C23CCC(CN(C(=O)C45CC(F)(C4)C5)c4cc(Br)ccn4)(CC2)CC3)n1. The molecule has 0 aromatic carbocycles. The molecule has 8 rings (SSSR count). The minimum Gasteiger partial charge on any atom is -0.339 e. The molecule has 2 aromatic heterocycles. The standard InChI is InChI=1S/C26H32BrFN4O2/c1-22(2,3)19-30-20(34-31-19)24-8-5-23(6-9-24,7-10-24)16-32(18-12-17(27)4-11-29-18)21(33)25-13-26(28,14-25)15-25/h4,11-12H,5-10,13-16H2,1-3H3. The molecule has 0 aliphatic heterocycles. The number of pyridine rings is 1. The fraction of sp³-hybridized carbons (Fsp3) is 0.692. The zero-order valence-corrected chi connectivity index (χ0v) is 21.8. The number of alkyl halides is 1. The van der Waals surface area contributed by atoms with E-state index >= 15 is 0 Å². The Morgan fingerprint density at radius 2 is 1.79 bits per heavy atom. The molecule has 6 aliphatic rings. The molecule has 6 aliphatic carbocycles. The number of halogens is 2. The second kappa shape index (κ2) is 7.11. The highest BCUT2D eigenvalue weighted by molar-refractivity contribution is 9.10. The number of hydrogen-bond donors (Lipinski definition) is 0. The molecule has 0 unspecified atom stereocenters. The van der Waals surface area contributed by atoms with Crippen LogP contribution in [-0.2, 0) is 15.6 Å². The number of anilines is 1. The van der Waals surface area contributed by atoms with Crippen molar-refractivity contribution in [2.24, 2.45) is 10.8 Å². The van der Waals surface area contributed by atoms with Gasteiger partial charge in [-0.15, -0.1) is 0 Å². The van der Waals surface area contributed by atoms with Gasteiger partial charge in [0, 0.05) is 28.0 Å². The van der Waals surface area contributed by atoms with Gasteiger partial charge in [0.2, 0.25) is 11.8 Å². The van der Waals surface area contributed by atoms with Gasteiger partial charge in [-0.05, 0) is 75.3 Å². The van der Waals surface area contributed by atoms with E-state index in [1.54, 1.807) is 6.20 Å². The summed E-state index contributed by atoms with van der Waals surface area (Å²) in [5.74, 6) is 2.28. The molecule has 6 nitrogen and oxygen atoms in total. The number of amides is 1. The maximum absolute atomic E-state index is 14.3. The van der Waals surface area contributed by atoms with Crippen LogP contribution in [0.15, 0.2) is 27.3 Å². The molecule has 182 valence electrons. The summed E-state index contributed by atoms with van der Waals surface area (Å²) >= 11 is 3.53. The maximum Gasteiger partial charge on any atom is 0.234 e. The van der Waals surface area contributed by atoms with Crippen LogP contribution in [0.25, 0.3) is 0 Å². The second-order valence-corrected chi connectivity index (χ2v) is 13.6. The van der Waals surface area contributed by atoms with Crippen molar-refractivity contribution in [3.63, 3.8) is 0 Å². The molecule has 0 spiro atoms. The molecular formula is C26H32BrFN4O2. The molecule has 6 fully saturated rings. The summed E-state index contributed by atoms with van der Waals surface area (Å²) < 4.78 is 21.0. The number of rotatable bonds is 5. The monoisotopic (exact) mass is 530 g/mol. The van der Waals surface area contributed by atoms with Crippen LogP contribution in [-0.4, -0.2) is 33.2 Å². The number of fused-ring (bicyclic) bond motifs is 3. The lowest BCUT2D eigenvalue weighted by atomic mass is 9.41. The van der Waals surface area contributed by atoms with Crippen molar-refractivity contribution in [1.29, 1.82) is 0 Å². The van der Waals surface area contributed by atoms with E-state index in [2.05, 4.69) is 46.8 Å². The number of aromatic nitrogens is 3. The fourth-order valence-electron chi connectivity index (χ4n) is 6.88. The Hall–Kier alpha value is -1.83. The van der Waals surface area contributed by atoms with Crippen LogP contribution in [0.4, 0.5) is 10.2 Å². The summed E-state index contributed by atoms with van der Waals surface area (Å²) in [7, 11) is 0. The second-order valence-electron chi connectivity index (χ2n) is 12.6. The average molecular weight is 531 g/mol. The summed E-state index contributed by atoms with van der Waals surface area (Å²) in [5.41, 5.74) is -1.76. The quantitative estimate of drug-likeness (QED) is 0.470. The summed E-state index contributed by atoms with van der Waals surface area (Å²) in [6.07, 6.45) is 8.84. The van der Waals surface area contributed by atoms with E-state index in [-0.39, 0.29) is 22.2 Å². The Morgan fingerprint density at radius 1 is 1.15 bits per heavy atom. The van der Waals surface area contributed by atoms with Crippen molar-refractivity contribution in [3.8, 4) is 0 Å². The highest BCUT2D eigenvalue weighted by Crippen LogP contribution is 2.70. The van der Waals surface area contributed by atoms with Gasteiger partial charge in [0.1, 0.15) is 11.5 Å². The van der Waals surface area contributed by atoms with Crippen molar-refractivity contribution in [2.75, 3.05) is 11.4 Å². The third-order valence-electron chi connectivity index (χ3n) is 9.09. The van der Waals surface area contributed by atoms with Crippen LogP contribution < -0.4 is 4.90 Å². The topological polar surface area (TPSA) is 72.1 Å². The van der Waals surface area contributed by atoms with Gasteiger partial charge < -0.3 is 4.52 Å². The summed E-state index contributed by atoms with van der Waals surface area (Å²) in [5, 5.41) is 4.28. The van der Waals surface area contributed by atoms with Gasteiger partial charge in [0.05, 0.1) is 5.41 Å². The first-order valence-corrected chi connectivity index (χ1v) is 13.2. The zero-order chi connectivity index (χ0) is 24.0. The molecule has 8 heteroatoms. The largest absolute Gasteiger partial charge is 0.339 e. The van der Waals surface area contributed by atoms with Gasteiger partial charge in [0.25, 0.3) is 0 Å². The number of carbonyl (C=O) groups is 1. The minimum absolute atomic E-state index is 0.0461. The van der Waals surface area contributed by atoms with Gasteiger partial charge in [-0.25, -0.2) is 9.37 Å². The maximum atomic E-state index is 14.3. The van der Waals surface area contributed by atoms with Crippen molar-refractivity contribution >= 4 is 27.7 Å². The third kappa shape index (κ3) is 3.38. The van der Waals surface area contributed by atoms with Crippen molar-refractivity contribution in [3.05, 3.63) is 34.5 Å². The van der Waals surface area contributed by atoms with Crippen LogP contribution >= 0.6 is 15.9 Å². The molecule has 4 bridgehead atoms. The molecule has 0 N–H and O–H groups in total. The Bertz CT molecular complexity index is 1110. The summed E-state index contributed by atoms with van der Waals surface area (Å²) in [6, 6.07) is 3.78. The van der Waals surface area contributed by atoms with E-state index in [0.29, 0.717) is 31.6 Å². The van der Waals surface area contributed by atoms with Crippen molar-refractivity contribution < 1.29 is 13.7 Å². The van der Waals surface area contributed by atoms with E-state index in [9.17, 15) is 9.18 Å². The van der Waals surface area contributed by atoms with Crippen molar-refractivity contribution in [2.45, 2.75) is 95.1 Å². The minimum atomic E-state index is -1.10. The van der Waals surface area contributed by atoms with Crippen LogP contribution in [0.5, 0.6) is 0 Å². The van der Waals surface area contributed by atoms with Crippen molar-refractivity contribution in [1.82, 2.24) is 15.1 Å². The molecule has 0 radical (unpaired) electrons. The Kier molecular flexibility index (Phi) is 4.73. The molecule has 0 saturated heterocycles. The number of nitrogens with zero attached hydrogens (tertiary/aromatic N) is 4. The Balaban J connectivity index is 1.23. The zero-order valence-electron chi connectivity index (χ0n) is 20.2. The van der Waals surface area contributed by atoms with Gasteiger partial charge >= 0.3 is 0 Å². The summed E-state index contributed by atoms with van der Waals surface area (Å²) in [4.78, 5) is 25.0. The molecule has 34 heavy (non-hydrogen) atoms. The first-order chi connectivity index (χ1) is 16.0. The molecule has 1 amide bonds. The molecule has 2 aromatic rings. The predicted molar refractivity (Wildman–Crippen MR) is 129 cm³/mol. The van der Waals surface area contributed by atoms with E-state index in [1.165, 1.54) is 0 Å². The average Bonchev–Trinajstić information content (AvgIpc) is 3.27. The van der Waals surface area contributed by atoms with E-state index in [0.717, 1.165) is 54.7 Å². The van der Waals surface area contributed by atoms with Gasteiger partial charge in [-0.1, -0.05) is 41.9 Å². The lowest BCUT2D eigenvalue weighted by Crippen LogP contribution is -2.71. The highest BCUT2D eigenvalue weighted by atomic mass is 79.9. The van der Waals surface area contributed by atoms with E-state index in [1.807, 2.05) is 17.0 Å². The fourth-order valence-corrected chi connectivity index (χ4v) is 7.20. The number of hydrogen-bond acceptors (Lipinski definition) is 5. The van der Waals surface area contributed by atoms with E-state index in [4.69, 9.17) is 9.51 Å². The van der Waals surface area contributed by atoms with Gasteiger partial charge in [-0.2, -0.15) is 4.98 Å². The normalized spacial score (nSPS) is 36.0. The van der Waals surface area contributed by atoms with Gasteiger partial charge in [-0.3, -0.25) is 9.69 Å². The number of carbonyl (C=O) groups excluding carboxylic acids is 1. The lowest BCUT2D eigenvalue weighted by molar-refractivity contribution is -0.211. The Labute approximate surface area is 208 Å². The Morgan fingerprint density at radius 3 is 2.32 bits per heavy atom. The highest BCUT2D eigenvalue weighted by Gasteiger charge is 2.73.